The minimum absolute atomic E-state index is 0.255. The van der Waals surface area contributed by atoms with E-state index in [9.17, 15) is 0 Å². The third kappa shape index (κ3) is 2.14. The Kier molecular flexibility index (Phi) is 2.96. The van der Waals surface area contributed by atoms with Crippen LogP contribution in [-0.2, 0) is 11.3 Å². The lowest BCUT2D eigenvalue weighted by atomic mass is 9.98. The van der Waals surface area contributed by atoms with Crippen molar-refractivity contribution >= 4 is 22.6 Å². The van der Waals surface area contributed by atoms with Crippen molar-refractivity contribution in [1.82, 2.24) is 9.78 Å². The van der Waals surface area contributed by atoms with Crippen LogP contribution < -0.4 is 0 Å². The Hall–Kier alpha value is -0.100. The van der Waals surface area contributed by atoms with Crippen molar-refractivity contribution in [2.24, 2.45) is 0 Å². The van der Waals surface area contributed by atoms with E-state index in [1.54, 1.807) is 0 Å². The van der Waals surface area contributed by atoms with Gasteiger partial charge in [0.05, 0.1) is 18.2 Å². The van der Waals surface area contributed by atoms with Gasteiger partial charge in [-0.05, 0) is 54.3 Å². The molecule has 1 aromatic heterocycles. The fourth-order valence-corrected chi connectivity index (χ4v) is 3.50. The molecular formula is C12H17IN2O. The van der Waals surface area contributed by atoms with E-state index >= 15 is 0 Å². The number of nitrogens with zero attached hydrogens (tertiary/aromatic N) is 2. The van der Waals surface area contributed by atoms with E-state index in [4.69, 9.17) is 4.74 Å². The summed E-state index contributed by atoms with van der Waals surface area (Å²) in [6, 6.07) is 2.04. The Morgan fingerprint density at radius 1 is 1.44 bits per heavy atom. The third-order valence-corrected chi connectivity index (χ3v) is 4.43. The zero-order valence-corrected chi connectivity index (χ0v) is 11.5. The first-order chi connectivity index (χ1) is 7.76. The fourth-order valence-electron chi connectivity index (χ4n) is 3.06. The molecule has 0 radical (unpaired) electrons. The maximum atomic E-state index is 6.26. The summed E-state index contributed by atoms with van der Waals surface area (Å²) in [6.45, 7) is 0.921. The van der Waals surface area contributed by atoms with Crippen LogP contribution >= 0.6 is 22.6 Å². The van der Waals surface area contributed by atoms with Crippen LogP contribution in [0.15, 0.2) is 12.3 Å². The van der Waals surface area contributed by atoms with Crippen LogP contribution in [0.3, 0.4) is 0 Å². The van der Waals surface area contributed by atoms with Gasteiger partial charge in [-0.2, -0.15) is 5.10 Å². The molecule has 2 fully saturated rings. The predicted molar refractivity (Wildman–Crippen MR) is 70.3 cm³/mol. The van der Waals surface area contributed by atoms with E-state index in [1.165, 1.54) is 38.5 Å². The maximum Gasteiger partial charge on any atom is 0.123 e. The molecule has 1 atom stereocenters. The standard InChI is InChI=1S/C12H17IN2O/c13-11-4-8-15(14-11)9-10-3-7-12(16-10)5-1-2-6-12/h4,8,10H,1-3,5-7,9H2. The number of ether oxygens (including phenoxy) is 1. The van der Waals surface area contributed by atoms with Gasteiger partial charge in [0.25, 0.3) is 0 Å². The molecule has 1 spiro atoms. The molecule has 1 saturated carbocycles. The second-order valence-corrected chi connectivity index (χ2v) is 6.13. The van der Waals surface area contributed by atoms with Gasteiger partial charge in [0.2, 0.25) is 0 Å². The van der Waals surface area contributed by atoms with Crippen LogP contribution in [0.2, 0.25) is 0 Å². The Morgan fingerprint density at radius 2 is 2.25 bits per heavy atom. The lowest BCUT2D eigenvalue weighted by Gasteiger charge is -2.23. The highest BCUT2D eigenvalue weighted by molar-refractivity contribution is 14.1. The average molecular weight is 332 g/mol. The van der Waals surface area contributed by atoms with E-state index in [0.717, 1.165) is 10.2 Å². The molecular weight excluding hydrogens is 315 g/mol. The summed E-state index contributed by atoms with van der Waals surface area (Å²) in [6.07, 6.45) is 10.2. The van der Waals surface area contributed by atoms with Gasteiger partial charge < -0.3 is 4.74 Å². The molecule has 0 aromatic carbocycles. The van der Waals surface area contributed by atoms with Gasteiger partial charge in [0.1, 0.15) is 3.70 Å². The van der Waals surface area contributed by atoms with Gasteiger partial charge in [-0.3, -0.25) is 4.68 Å². The summed E-state index contributed by atoms with van der Waals surface area (Å²) in [5, 5.41) is 4.41. The molecule has 3 rings (SSSR count). The van der Waals surface area contributed by atoms with Crippen LogP contribution in [0.5, 0.6) is 0 Å². The molecule has 4 heteroatoms. The van der Waals surface area contributed by atoms with Crippen LogP contribution in [-0.4, -0.2) is 21.5 Å². The summed E-state index contributed by atoms with van der Waals surface area (Å²) in [5.41, 5.74) is 0.255. The minimum Gasteiger partial charge on any atom is -0.370 e. The topological polar surface area (TPSA) is 27.1 Å². The van der Waals surface area contributed by atoms with E-state index < -0.39 is 0 Å². The molecule has 2 heterocycles. The minimum atomic E-state index is 0.255. The number of hydrogen-bond donors (Lipinski definition) is 0. The fraction of sp³-hybridized carbons (Fsp3) is 0.750. The lowest BCUT2D eigenvalue weighted by Crippen LogP contribution is -2.26. The first-order valence-electron chi connectivity index (χ1n) is 6.13. The quantitative estimate of drug-likeness (QED) is 0.779. The van der Waals surface area contributed by atoms with Crippen molar-refractivity contribution in [3.8, 4) is 0 Å². The van der Waals surface area contributed by atoms with Crippen LogP contribution in [0.1, 0.15) is 38.5 Å². The van der Waals surface area contributed by atoms with Crippen molar-refractivity contribution in [2.75, 3.05) is 0 Å². The zero-order chi connectivity index (χ0) is 11.0. The van der Waals surface area contributed by atoms with Gasteiger partial charge in [-0.1, -0.05) is 12.8 Å². The number of aromatic nitrogens is 2. The predicted octanol–water partition coefficient (Wildman–Crippen LogP) is 2.98. The molecule has 1 aliphatic heterocycles. The van der Waals surface area contributed by atoms with E-state index in [2.05, 4.69) is 27.7 Å². The molecule has 88 valence electrons. The highest BCUT2D eigenvalue weighted by Crippen LogP contribution is 2.43. The molecule has 0 N–H and O–H groups in total. The second-order valence-electron chi connectivity index (χ2n) is 5.03. The normalized spacial score (nSPS) is 27.9. The van der Waals surface area contributed by atoms with E-state index in [0.29, 0.717) is 6.10 Å². The largest absolute Gasteiger partial charge is 0.370 e. The third-order valence-electron chi connectivity index (χ3n) is 3.85. The highest BCUT2D eigenvalue weighted by Gasteiger charge is 2.42. The Balaban J connectivity index is 1.61. The Labute approximate surface area is 110 Å². The molecule has 2 aliphatic rings. The van der Waals surface area contributed by atoms with Crippen molar-refractivity contribution in [3.05, 3.63) is 16.0 Å². The monoisotopic (exact) mass is 332 g/mol. The van der Waals surface area contributed by atoms with Crippen LogP contribution in [0.4, 0.5) is 0 Å². The lowest BCUT2D eigenvalue weighted by molar-refractivity contribution is -0.0429. The van der Waals surface area contributed by atoms with E-state index in [1.807, 2.05) is 16.9 Å². The molecule has 0 bridgehead atoms. The first kappa shape index (κ1) is 11.0. The number of rotatable bonds is 2. The smallest absolute Gasteiger partial charge is 0.123 e. The molecule has 1 saturated heterocycles. The SMILES string of the molecule is Ic1ccn(CC2CCC3(CCCC3)O2)n1. The molecule has 16 heavy (non-hydrogen) atoms. The van der Waals surface area contributed by atoms with E-state index in [-0.39, 0.29) is 5.60 Å². The van der Waals surface area contributed by atoms with Crippen molar-refractivity contribution in [3.63, 3.8) is 0 Å². The molecule has 1 unspecified atom stereocenters. The summed E-state index contributed by atoms with van der Waals surface area (Å²) in [7, 11) is 0. The Bertz CT molecular complexity index is 371. The van der Waals surface area contributed by atoms with Gasteiger partial charge in [0, 0.05) is 6.20 Å². The molecule has 0 amide bonds. The van der Waals surface area contributed by atoms with Gasteiger partial charge in [-0.15, -0.1) is 0 Å². The maximum absolute atomic E-state index is 6.26. The second kappa shape index (κ2) is 4.29. The highest BCUT2D eigenvalue weighted by atomic mass is 127. The summed E-state index contributed by atoms with van der Waals surface area (Å²) < 4.78 is 9.34. The van der Waals surface area contributed by atoms with Gasteiger partial charge in [-0.25, -0.2) is 0 Å². The van der Waals surface area contributed by atoms with Gasteiger partial charge in [0.15, 0.2) is 0 Å². The van der Waals surface area contributed by atoms with Crippen LogP contribution in [0, 0.1) is 3.70 Å². The average Bonchev–Trinajstić information content (AvgIpc) is 2.94. The van der Waals surface area contributed by atoms with Gasteiger partial charge >= 0.3 is 0 Å². The first-order valence-corrected chi connectivity index (χ1v) is 7.20. The molecule has 1 aromatic rings. The Morgan fingerprint density at radius 3 is 2.94 bits per heavy atom. The van der Waals surface area contributed by atoms with Crippen molar-refractivity contribution in [1.29, 1.82) is 0 Å². The van der Waals surface area contributed by atoms with Crippen molar-refractivity contribution < 1.29 is 4.74 Å². The van der Waals surface area contributed by atoms with Crippen LogP contribution in [0.25, 0.3) is 0 Å². The molecule has 3 nitrogen and oxygen atoms in total. The zero-order valence-electron chi connectivity index (χ0n) is 9.36. The number of halogens is 1. The molecule has 1 aliphatic carbocycles. The summed E-state index contributed by atoms with van der Waals surface area (Å²) in [5.74, 6) is 0. The summed E-state index contributed by atoms with van der Waals surface area (Å²) in [4.78, 5) is 0. The summed E-state index contributed by atoms with van der Waals surface area (Å²) >= 11 is 2.25. The van der Waals surface area contributed by atoms with Crippen molar-refractivity contribution in [2.45, 2.75) is 56.8 Å². The number of hydrogen-bond acceptors (Lipinski definition) is 2.